The van der Waals surface area contributed by atoms with Crippen molar-refractivity contribution in [3.63, 3.8) is 0 Å². The molecule has 28 heavy (non-hydrogen) atoms. The third kappa shape index (κ3) is 3.27. The molecular weight excluding hydrogens is 346 g/mol. The first-order chi connectivity index (χ1) is 13.9. The van der Waals surface area contributed by atoms with Crippen molar-refractivity contribution in [2.75, 3.05) is 26.2 Å². The summed E-state index contributed by atoms with van der Waals surface area (Å²) < 4.78 is 0. The molecule has 138 valence electrons. The molecule has 5 heteroatoms. The highest BCUT2D eigenvalue weighted by molar-refractivity contribution is 6.00. The Kier molecular flexibility index (Phi) is 4.33. The average Bonchev–Trinajstić information content (AvgIpc) is 3.49. The third-order valence-corrected chi connectivity index (χ3v) is 5.01. The molecule has 0 atom stereocenters. The van der Waals surface area contributed by atoms with Crippen LogP contribution in [0.4, 0.5) is 0 Å². The van der Waals surface area contributed by atoms with Crippen molar-refractivity contribution in [3.05, 3.63) is 77.9 Å². The molecule has 0 saturated heterocycles. The van der Waals surface area contributed by atoms with E-state index in [0.29, 0.717) is 0 Å². The Bertz CT molecular complexity index is 966. The topological polar surface area (TPSA) is 61.7 Å². The number of pyridine rings is 1. The van der Waals surface area contributed by atoms with Gasteiger partial charge in [-0.2, -0.15) is 0 Å². The minimum Gasteiger partial charge on any atom is -0.368 e. The second-order valence-corrected chi connectivity index (χ2v) is 6.88. The van der Waals surface area contributed by atoms with Gasteiger partial charge in [-0.15, -0.1) is 0 Å². The summed E-state index contributed by atoms with van der Waals surface area (Å²) in [6.07, 6.45) is 0. The number of hydrogen-bond donors (Lipinski definition) is 2. The molecule has 0 radical (unpaired) electrons. The van der Waals surface area contributed by atoms with Gasteiger partial charge in [-0.1, -0.05) is 54.6 Å². The van der Waals surface area contributed by atoms with Gasteiger partial charge in [0, 0.05) is 35.3 Å². The summed E-state index contributed by atoms with van der Waals surface area (Å²) in [5, 5.41) is 6.62. The van der Waals surface area contributed by atoms with E-state index in [2.05, 4.69) is 87.3 Å². The smallest absolute Gasteiger partial charge is 0.128 e. The van der Waals surface area contributed by atoms with E-state index in [1.807, 2.05) is 0 Å². The van der Waals surface area contributed by atoms with Crippen molar-refractivity contribution >= 4 is 11.7 Å². The molecule has 2 aromatic carbocycles. The van der Waals surface area contributed by atoms with Gasteiger partial charge in [-0.3, -0.25) is 9.98 Å². The van der Waals surface area contributed by atoms with Gasteiger partial charge >= 0.3 is 0 Å². The van der Waals surface area contributed by atoms with Gasteiger partial charge in [0.05, 0.1) is 24.5 Å². The zero-order valence-electron chi connectivity index (χ0n) is 15.5. The summed E-state index contributed by atoms with van der Waals surface area (Å²) in [6.45, 7) is 3.54. The maximum absolute atomic E-state index is 4.88. The van der Waals surface area contributed by atoms with Crippen LogP contribution in [0.2, 0.25) is 0 Å². The summed E-state index contributed by atoms with van der Waals surface area (Å²) in [6, 6.07) is 23.0. The lowest BCUT2D eigenvalue weighted by atomic mass is 10.0. The highest BCUT2D eigenvalue weighted by Crippen LogP contribution is 2.24. The van der Waals surface area contributed by atoms with E-state index < -0.39 is 0 Å². The van der Waals surface area contributed by atoms with Crippen LogP contribution in [0.15, 0.2) is 76.7 Å². The van der Waals surface area contributed by atoms with E-state index in [9.17, 15) is 0 Å². The lowest BCUT2D eigenvalue weighted by Crippen LogP contribution is -2.19. The van der Waals surface area contributed by atoms with Crippen molar-refractivity contribution < 1.29 is 0 Å². The largest absolute Gasteiger partial charge is 0.368 e. The van der Waals surface area contributed by atoms with Crippen LogP contribution in [0.3, 0.4) is 0 Å². The minimum absolute atomic E-state index is 0.850. The number of aliphatic imine (C=N–C) groups is 2. The zero-order chi connectivity index (χ0) is 18.8. The lowest BCUT2D eigenvalue weighted by Gasteiger charge is -2.08. The molecule has 3 heterocycles. The Balaban J connectivity index is 1.40. The number of nitrogens with one attached hydrogen (secondary N) is 2. The SMILES string of the molecule is c1cc(-c2ccc(C3=NCCN3)cc2)nc(-c2ccc(C3=NCCN3)cc2)c1. The Morgan fingerprint density at radius 3 is 1.36 bits per heavy atom. The first kappa shape index (κ1) is 16.7. The molecule has 5 rings (SSSR count). The molecule has 2 N–H and O–H groups in total. The molecular formula is C23H21N5. The minimum atomic E-state index is 0.850. The molecule has 2 aliphatic rings. The Hall–Kier alpha value is -3.47. The molecule has 3 aromatic rings. The van der Waals surface area contributed by atoms with E-state index in [0.717, 1.165) is 71.5 Å². The highest BCUT2D eigenvalue weighted by atomic mass is 15.1. The third-order valence-electron chi connectivity index (χ3n) is 5.01. The Morgan fingerprint density at radius 1 is 0.536 bits per heavy atom. The summed E-state index contributed by atoms with van der Waals surface area (Å²) in [4.78, 5) is 13.8. The molecule has 0 saturated carbocycles. The van der Waals surface area contributed by atoms with Crippen LogP contribution >= 0.6 is 0 Å². The Labute approximate surface area is 164 Å². The zero-order valence-corrected chi connectivity index (χ0v) is 15.5. The molecule has 5 nitrogen and oxygen atoms in total. The summed E-state index contributed by atoms with van der Waals surface area (Å²) in [5.74, 6) is 1.96. The van der Waals surface area contributed by atoms with Gasteiger partial charge in [0.25, 0.3) is 0 Å². The van der Waals surface area contributed by atoms with Crippen LogP contribution in [0.1, 0.15) is 11.1 Å². The van der Waals surface area contributed by atoms with Crippen LogP contribution in [-0.2, 0) is 0 Å². The fraction of sp³-hybridized carbons (Fsp3) is 0.174. The summed E-state index contributed by atoms with van der Waals surface area (Å²) in [7, 11) is 0. The number of hydrogen-bond acceptors (Lipinski definition) is 5. The van der Waals surface area contributed by atoms with Gasteiger partial charge in [-0.05, 0) is 12.1 Å². The van der Waals surface area contributed by atoms with Gasteiger partial charge in [0.2, 0.25) is 0 Å². The molecule has 0 bridgehead atoms. The van der Waals surface area contributed by atoms with E-state index >= 15 is 0 Å². The van der Waals surface area contributed by atoms with Gasteiger partial charge in [0.1, 0.15) is 11.7 Å². The molecule has 0 aliphatic carbocycles. The predicted octanol–water partition coefficient (Wildman–Crippen LogP) is 3.12. The molecule has 0 amide bonds. The van der Waals surface area contributed by atoms with Crippen LogP contribution in [0.25, 0.3) is 22.5 Å². The van der Waals surface area contributed by atoms with Gasteiger partial charge in [0.15, 0.2) is 0 Å². The number of amidine groups is 2. The van der Waals surface area contributed by atoms with Crippen LogP contribution in [0.5, 0.6) is 0 Å². The normalized spacial score (nSPS) is 15.6. The summed E-state index contributed by atoms with van der Waals surface area (Å²) >= 11 is 0. The maximum Gasteiger partial charge on any atom is 0.128 e. The molecule has 0 fully saturated rings. The van der Waals surface area contributed by atoms with E-state index in [1.54, 1.807) is 0 Å². The van der Waals surface area contributed by atoms with Crippen molar-refractivity contribution in [1.29, 1.82) is 0 Å². The number of benzene rings is 2. The van der Waals surface area contributed by atoms with Gasteiger partial charge in [-0.25, -0.2) is 4.98 Å². The lowest BCUT2D eigenvalue weighted by molar-refractivity contribution is 0.960. The van der Waals surface area contributed by atoms with Gasteiger partial charge < -0.3 is 10.6 Å². The number of nitrogens with zero attached hydrogens (tertiary/aromatic N) is 3. The van der Waals surface area contributed by atoms with Crippen molar-refractivity contribution in [3.8, 4) is 22.5 Å². The van der Waals surface area contributed by atoms with E-state index in [1.165, 1.54) is 0 Å². The van der Waals surface area contributed by atoms with Crippen molar-refractivity contribution in [2.45, 2.75) is 0 Å². The monoisotopic (exact) mass is 367 g/mol. The maximum atomic E-state index is 4.88. The van der Waals surface area contributed by atoms with E-state index in [-0.39, 0.29) is 0 Å². The number of aromatic nitrogens is 1. The second-order valence-electron chi connectivity index (χ2n) is 6.88. The average molecular weight is 367 g/mol. The fourth-order valence-electron chi connectivity index (χ4n) is 3.54. The molecule has 1 aromatic heterocycles. The van der Waals surface area contributed by atoms with Crippen LogP contribution < -0.4 is 10.6 Å². The first-order valence-corrected chi connectivity index (χ1v) is 9.62. The van der Waals surface area contributed by atoms with Crippen LogP contribution in [0, 0.1) is 0 Å². The molecule has 0 spiro atoms. The molecule has 2 aliphatic heterocycles. The number of rotatable bonds is 4. The standard InChI is InChI=1S/C23H21N5/c1-2-20(16-4-8-18(9-5-16)22-24-12-13-25-22)28-21(3-1)17-6-10-19(11-7-17)23-26-14-15-27-23/h1-11H,12-15H2,(H,24,25)(H,26,27). The summed E-state index contributed by atoms with van der Waals surface area (Å²) in [5.41, 5.74) is 6.39. The second kappa shape index (κ2) is 7.27. The first-order valence-electron chi connectivity index (χ1n) is 9.62. The highest BCUT2D eigenvalue weighted by Gasteiger charge is 2.10. The van der Waals surface area contributed by atoms with Crippen molar-refractivity contribution in [2.24, 2.45) is 9.98 Å². The van der Waals surface area contributed by atoms with Crippen LogP contribution in [-0.4, -0.2) is 42.8 Å². The Morgan fingerprint density at radius 2 is 0.964 bits per heavy atom. The van der Waals surface area contributed by atoms with Crippen molar-refractivity contribution in [1.82, 2.24) is 15.6 Å². The molecule has 0 unspecified atom stereocenters. The fourth-order valence-corrected chi connectivity index (χ4v) is 3.54. The predicted molar refractivity (Wildman–Crippen MR) is 114 cm³/mol. The quantitative estimate of drug-likeness (QED) is 0.745. The van der Waals surface area contributed by atoms with E-state index in [4.69, 9.17) is 4.98 Å².